The molecule has 5 heterocycles. The van der Waals surface area contributed by atoms with E-state index in [0.29, 0.717) is 0 Å². The molecule has 2 saturated heterocycles. The van der Waals surface area contributed by atoms with Crippen molar-refractivity contribution in [3.05, 3.63) is 36.7 Å². The molecular formula is C21H31N8O17P3. The van der Waals surface area contributed by atoms with Crippen molar-refractivity contribution in [1.29, 1.82) is 0 Å². The number of primary amides is 1. The summed E-state index contributed by atoms with van der Waals surface area (Å²) in [6.45, 7) is -2.19. The third-order valence-corrected chi connectivity index (χ3v) is 10.4. The molecule has 0 aliphatic carbocycles. The lowest BCUT2D eigenvalue weighted by Gasteiger charge is -2.29. The molecule has 13 N–H and O–H groups in total. The number of aliphatic hydroxyl groups is 3. The van der Waals surface area contributed by atoms with Crippen LogP contribution >= 0.6 is 23.5 Å². The standard InChI is InChI=1S/C21H31N8O17P3/c22-16-12-18(26-7-25-16)29(8-27-12)20-15(45-47(34,35)36)21(24,33)11(44-20)6-42-49(39,40)46-48(37,38)41-5-10-13(30)14(31)19(43-10)28-3-1-2-9(4-28)17(23)32/h1,3-4,7-8,10-11,13-15,19-20,30-31,33H,2,5-6,24H2,(H2,23,32)(H,37,38)(H,39,40)(H2,22,25,26)(H2,34,35,36)/t10-,11-,13-,14-,15-,19-,20-,21-/m1/s1. The highest BCUT2D eigenvalue weighted by Crippen LogP contribution is 2.61. The molecule has 2 fully saturated rings. The van der Waals surface area contributed by atoms with Gasteiger partial charge in [-0.2, -0.15) is 4.31 Å². The zero-order valence-electron chi connectivity index (χ0n) is 24.6. The van der Waals surface area contributed by atoms with Gasteiger partial charge < -0.3 is 60.7 Å². The molecule has 2 aromatic rings. The highest BCUT2D eigenvalue weighted by atomic mass is 31.3. The Morgan fingerprint density at radius 1 is 1.02 bits per heavy atom. The van der Waals surface area contributed by atoms with Gasteiger partial charge in [-0.05, 0) is 6.42 Å². The maximum Gasteiger partial charge on any atom is 0.481 e. The van der Waals surface area contributed by atoms with Gasteiger partial charge in [0.2, 0.25) is 5.91 Å². The van der Waals surface area contributed by atoms with Crippen molar-refractivity contribution in [2.75, 3.05) is 18.9 Å². The fourth-order valence-electron chi connectivity index (χ4n) is 5.01. The van der Waals surface area contributed by atoms with Crippen LogP contribution in [0.1, 0.15) is 12.6 Å². The zero-order chi connectivity index (χ0) is 36.1. The number of phosphoric acid groups is 3. The summed E-state index contributed by atoms with van der Waals surface area (Å²) in [5.74, 6) is -0.834. The third kappa shape index (κ3) is 8.25. The molecule has 0 radical (unpaired) electrons. The van der Waals surface area contributed by atoms with Crippen molar-refractivity contribution in [2.45, 2.75) is 55.1 Å². The Morgan fingerprint density at radius 3 is 2.35 bits per heavy atom. The summed E-state index contributed by atoms with van der Waals surface area (Å²) in [6.07, 6.45) is -5.42. The van der Waals surface area contributed by atoms with E-state index >= 15 is 0 Å². The molecule has 0 saturated carbocycles. The first-order chi connectivity index (χ1) is 22.7. The molecule has 1 amide bonds. The highest BCUT2D eigenvalue weighted by Gasteiger charge is 2.58. The SMILES string of the molecule is NC(=O)C1=CN([C@@H]2O[C@H](COP(=O)(O)OP(=O)(O)OC[C@H]3O[C@@H](n4cnc5c(N)ncnc54)[C@@H](OP(=O)(O)O)[C@]3(N)O)[C@@H](O)[C@H]2O)C=CC1. The van der Waals surface area contributed by atoms with Crippen molar-refractivity contribution in [3.63, 3.8) is 0 Å². The van der Waals surface area contributed by atoms with E-state index in [1.54, 1.807) is 0 Å². The van der Waals surface area contributed by atoms with Crippen LogP contribution in [0, 0.1) is 0 Å². The van der Waals surface area contributed by atoms with E-state index in [0.717, 1.165) is 17.2 Å². The van der Waals surface area contributed by atoms with E-state index < -0.39 is 91.3 Å². The fraction of sp³-hybridized carbons (Fsp3) is 0.524. The summed E-state index contributed by atoms with van der Waals surface area (Å²) in [5.41, 5.74) is 14.2. The number of hydrogen-bond donors (Lipinski definition) is 10. The van der Waals surface area contributed by atoms with E-state index in [2.05, 4.69) is 32.8 Å². The minimum absolute atomic E-state index is 0.0196. The van der Waals surface area contributed by atoms with Crippen LogP contribution in [-0.4, -0.2) is 121 Å². The Balaban J connectivity index is 1.23. The second kappa shape index (κ2) is 13.7. The number of anilines is 1. The van der Waals surface area contributed by atoms with Gasteiger partial charge in [0, 0.05) is 18.0 Å². The number of allylic oxidation sites excluding steroid dienone is 1. The molecule has 0 aromatic carbocycles. The average Bonchev–Trinajstić information content (AvgIpc) is 3.62. The van der Waals surface area contributed by atoms with Crippen LogP contribution in [0.15, 0.2) is 36.7 Å². The van der Waals surface area contributed by atoms with E-state index in [-0.39, 0.29) is 29.0 Å². The van der Waals surface area contributed by atoms with Gasteiger partial charge >= 0.3 is 23.5 Å². The molecule has 2 unspecified atom stereocenters. The molecule has 3 aliphatic heterocycles. The Morgan fingerprint density at radius 2 is 1.69 bits per heavy atom. The van der Waals surface area contributed by atoms with Gasteiger partial charge in [-0.3, -0.25) is 28.7 Å². The Hall–Kier alpha value is -2.77. The summed E-state index contributed by atoms with van der Waals surface area (Å²) in [5, 5.41) is 31.8. The third-order valence-electron chi connectivity index (χ3n) is 7.31. The predicted molar refractivity (Wildman–Crippen MR) is 156 cm³/mol. The largest absolute Gasteiger partial charge is 0.481 e. The van der Waals surface area contributed by atoms with E-state index in [1.807, 2.05) is 0 Å². The normalized spacial score (nSPS) is 33.0. The quantitative estimate of drug-likeness (QED) is 0.0706. The zero-order valence-corrected chi connectivity index (χ0v) is 27.3. The molecule has 5 rings (SSSR count). The van der Waals surface area contributed by atoms with Crippen molar-refractivity contribution >= 4 is 46.4 Å². The van der Waals surface area contributed by atoms with Crippen LogP contribution in [0.3, 0.4) is 0 Å². The van der Waals surface area contributed by atoms with Crippen molar-refractivity contribution in [3.8, 4) is 0 Å². The molecule has 3 aliphatic rings. The molecule has 2 aromatic heterocycles. The van der Waals surface area contributed by atoms with Gasteiger partial charge in [-0.1, -0.05) is 6.08 Å². The van der Waals surface area contributed by atoms with Gasteiger partial charge in [-0.25, -0.2) is 28.6 Å². The maximum atomic E-state index is 12.6. The molecule has 272 valence electrons. The first kappa shape index (κ1) is 37.5. The number of nitrogens with zero attached hydrogens (tertiary/aromatic N) is 5. The smallest absolute Gasteiger partial charge is 0.387 e. The van der Waals surface area contributed by atoms with Gasteiger partial charge in [0.25, 0.3) is 0 Å². The number of hydrogen-bond acceptors (Lipinski definition) is 19. The van der Waals surface area contributed by atoms with Crippen LogP contribution in [0.25, 0.3) is 11.2 Å². The second-order valence-corrected chi connectivity index (χ2v) is 14.9. The maximum absolute atomic E-state index is 12.6. The minimum atomic E-state index is -5.61. The first-order valence-corrected chi connectivity index (χ1v) is 18.2. The number of carbonyl (C=O) groups excluding carboxylic acids is 1. The molecular weight excluding hydrogens is 729 g/mol. The Kier molecular flexibility index (Phi) is 10.5. The highest BCUT2D eigenvalue weighted by molar-refractivity contribution is 7.61. The lowest BCUT2D eigenvalue weighted by Crippen LogP contribution is -2.57. The van der Waals surface area contributed by atoms with Crippen LogP contribution in [-0.2, 0) is 45.8 Å². The van der Waals surface area contributed by atoms with Crippen LogP contribution in [0.5, 0.6) is 0 Å². The van der Waals surface area contributed by atoms with Crippen LogP contribution < -0.4 is 17.2 Å². The number of aromatic nitrogens is 4. The Bertz CT molecular complexity index is 1790. The van der Waals surface area contributed by atoms with E-state index in [1.165, 1.54) is 23.4 Å². The number of fused-ring (bicyclic) bond motifs is 1. The number of carbonyl (C=O) groups is 1. The van der Waals surface area contributed by atoms with Crippen LogP contribution in [0.2, 0.25) is 0 Å². The monoisotopic (exact) mass is 760 g/mol. The lowest BCUT2D eigenvalue weighted by atomic mass is 10.0. The van der Waals surface area contributed by atoms with Crippen molar-refractivity contribution in [2.24, 2.45) is 11.5 Å². The molecule has 0 bridgehead atoms. The lowest BCUT2D eigenvalue weighted by molar-refractivity contribution is -0.115. The van der Waals surface area contributed by atoms with Gasteiger partial charge in [-0.15, -0.1) is 0 Å². The topological polar surface area (TPSA) is 390 Å². The number of ether oxygens (including phenoxy) is 2. The number of rotatable bonds is 13. The number of phosphoric ester groups is 3. The number of aliphatic hydroxyl groups excluding tert-OH is 2. The van der Waals surface area contributed by atoms with Crippen LogP contribution in [0.4, 0.5) is 5.82 Å². The van der Waals surface area contributed by atoms with E-state index in [9.17, 15) is 53.4 Å². The molecule has 10 atom stereocenters. The molecule has 0 spiro atoms. The predicted octanol–water partition coefficient (Wildman–Crippen LogP) is -3.28. The van der Waals surface area contributed by atoms with E-state index in [4.69, 9.17) is 26.7 Å². The summed E-state index contributed by atoms with van der Waals surface area (Å²) in [6, 6.07) is 0. The Labute approximate surface area is 273 Å². The molecule has 49 heavy (non-hydrogen) atoms. The summed E-state index contributed by atoms with van der Waals surface area (Å²) in [7, 11) is -16.5. The van der Waals surface area contributed by atoms with Crippen molar-refractivity contribution < 1.29 is 80.7 Å². The van der Waals surface area contributed by atoms with Gasteiger partial charge in [0.15, 0.2) is 35.7 Å². The first-order valence-electron chi connectivity index (χ1n) is 13.6. The number of amides is 1. The average molecular weight is 760 g/mol. The summed E-state index contributed by atoms with van der Waals surface area (Å²) < 4.78 is 67.3. The minimum Gasteiger partial charge on any atom is -0.387 e. The summed E-state index contributed by atoms with van der Waals surface area (Å²) >= 11 is 0. The van der Waals surface area contributed by atoms with Crippen molar-refractivity contribution in [1.82, 2.24) is 24.4 Å². The number of nitrogen functional groups attached to an aromatic ring is 1. The van der Waals surface area contributed by atoms with Gasteiger partial charge in [0.05, 0.1) is 19.5 Å². The molecule has 28 heteroatoms. The second-order valence-electron chi connectivity index (χ2n) is 10.7. The number of nitrogens with two attached hydrogens (primary N) is 3. The summed E-state index contributed by atoms with van der Waals surface area (Å²) in [4.78, 5) is 63.6. The fourth-order valence-corrected chi connectivity index (χ4v) is 7.65. The number of imidazole rings is 1. The molecule has 25 nitrogen and oxygen atoms in total. The van der Waals surface area contributed by atoms with Gasteiger partial charge in [0.1, 0.15) is 36.3 Å².